The van der Waals surface area contributed by atoms with Crippen LogP contribution in [-0.2, 0) is 5.41 Å². The topological polar surface area (TPSA) is 0 Å². The average Bonchev–Trinajstić information content (AvgIpc) is 3.53. The lowest BCUT2D eigenvalue weighted by Crippen LogP contribution is -2.48. The molecular formula is C35H46. The second-order valence-corrected chi connectivity index (χ2v) is 12.6. The predicted molar refractivity (Wildman–Crippen MR) is 148 cm³/mol. The standard InChI is InChI=1S/C35H46/c1-2-3-14-26-23-24-29(25-26)35(27-15-6-4-7-16-27,28-17-8-5-9-18-28)34-32-21-12-10-19-30(32)31-20-11-13-22-33(31)34/h2,4-9,15-18,26,29-34H,1,3,10-14,19-25H2. The van der Waals surface area contributed by atoms with E-state index < -0.39 is 0 Å². The monoisotopic (exact) mass is 466 g/mol. The Labute approximate surface area is 214 Å². The molecule has 0 aliphatic heterocycles. The quantitative estimate of drug-likeness (QED) is 0.356. The van der Waals surface area contributed by atoms with Gasteiger partial charge in [-0.05, 0) is 104 Å². The molecule has 4 saturated carbocycles. The molecule has 0 heterocycles. The van der Waals surface area contributed by atoms with Crippen LogP contribution in [0.4, 0.5) is 0 Å². The summed E-state index contributed by atoms with van der Waals surface area (Å²) in [7, 11) is 0. The first-order valence-electron chi connectivity index (χ1n) is 15.1. The van der Waals surface area contributed by atoms with E-state index in [-0.39, 0.29) is 5.41 Å². The highest BCUT2D eigenvalue weighted by Crippen LogP contribution is 2.67. The summed E-state index contributed by atoms with van der Waals surface area (Å²) in [4.78, 5) is 0. The van der Waals surface area contributed by atoms with Crippen molar-refractivity contribution < 1.29 is 0 Å². The number of fused-ring (bicyclic) bond motifs is 3. The Hall–Kier alpha value is -1.82. The van der Waals surface area contributed by atoms with E-state index >= 15 is 0 Å². The Balaban J connectivity index is 1.53. The van der Waals surface area contributed by atoms with Crippen LogP contribution in [0.15, 0.2) is 73.3 Å². The average molecular weight is 467 g/mol. The Morgan fingerprint density at radius 2 is 1.17 bits per heavy atom. The van der Waals surface area contributed by atoms with Crippen LogP contribution in [0.25, 0.3) is 0 Å². The number of hydrogen-bond donors (Lipinski definition) is 0. The summed E-state index contributed by atoms with van der Waals surface area (Å²) in [5.41, 5.74) is 3.45. The normalized spacial score (nSPS) is 34.8. The summed E-state index contributed by atoms with van der Waals surface area (Å²) in [6, 6.07) is 23.9. The fraction of sp³-hybridized carbons (Fsp3) is 0.600. The van der Waals surface area contributed by atoms with Gasteiger partial charge in [0.2, 0.25) is 0 Å². The van der Waals surface area contributed by atoms with Gasteiger partial charge in [0.15, 0.2) is 0 Å². The van der Waals surface area contributed by atoms with Gasteiger partial charge in [-0.3, -0.25) is 0 Å². The van der Waals surface area contributed by atoms with Gasteiger partial charge in [-0.1, -0.05) is 98.8 Å². The van der Waals surface area contributed by atoms with E-state index in [2.05, 4.69) is 73.3 Å². The van der Waals surface area contributed by atoms with E-state index in [1.807, 2.05) is 0 Å². The fourth-order valence-corrected chi connectivity index (χ4v) is 10.2. The molecule has 0 amide bonds. The van der Waals surface area contributed by atoms with Crippen LogP contribution in [0.2, 0.25) is 0 Å². The lowest BCUT2D eigenvalue weighted by molar-refractivity contribution is 0.0946. The first-order valence-corrected chi connectivity index (χ1v) is 15.1. The lowest BCUT2D eigenvalue weighted by atomic mass is 9.52. The van der Waals surface area contributed by atoms with E-state index in [9.17, 15) is 0 Å². The van der Waals surface area contributed by atoms with Crippen molar-refractivity contribution in [3.05, 3.63) is 84.4 Å². The molecule has 6 unspecified atom stereocenters. The molecule has 0 radical (unpaired) electrons. The second kappa shape index (κ2) is 10.3. The van der Waals surface area contributed by atoms with Crippen molar-refractivity contribution in [2.75, 3.05) is 0 Å². The molecule has 2 aromatic rings. The summed E-state index contributed by atoms with van der Waals surface area (Å²) in [6.45, 7) is 4.04. The summed E-state index contributed by atoms with van der Waals surface area (Å²) in [5, 5.41) is 0. The first-order chi connectivity index (χ1) is 17.3. The van der Waals surface area contributed by atoms with Crippen molar-refractivity contribution in [3.63, 3.8) is 0 Å². The zero-order chi connectivity index (χ0) is 23.7. The Morgan fingerprint density at radius 3 is 1.69 bits per heavy atom. The minimum Gasteiger partial charge on any atom is -0.103 e. The Kier molecular flexibility index (Phi) is 6.92. The van der Waals surface area contributed by atoms with Crippen molar-refractivity contribution in [2.45, 2.75) is 88.9 Å². The van der Waals surface area contributed by atoms with Gasteiger partial charge in [0.1, 0.15) is 0 Å². The molecule has 0 bridgehead atoms. The van der Waals surface area contributed by atoms with Crippen LogP contribution in [0, 0.1) is 41.4 Å². The minimum atomic E-state index is 0.169. The number of hydrogen-bond acceptors (Lipinski definition) is 0. The van der Waals surface area contributed by atoms with Crippen LogP contribution in [-0.4, -0.2) is 0 Å². The maximum absolute atomic E-state index is 4.04. The van der Waals surface area contributed by atoms with Gasteiger partial charge < -0.3 is 0 Å². The summed E-state index contributed by atoms with van der Waals surface area (Å²) < 4.78 is 0. The second-order valence-electron chi connectivity index (χ2n) is 12.6. The van der Waals surface area contributed by atoms with Gasteiger partial charge >= 0.3 is 0 Å². The summed E-state index contributed by atoms with van der Waals surface area (Å²) in [6.07, 6.45) is 20.7. The molecule has 4 aliphatic rings. The molecule has 0 N–H and O–H groups in total. The van der Waals surface area contributed by atoms with Gasteiger partial charge in [0.05, 0.1) is 0 Å². The molecule has 0 heteroatoms. The highest BCUT2D eigenvalue weighted by atomic mass is 14.6. The fourth-order valence-electron chi connectivity index (χ4n) is 10.2. The van der Waals surface area contributed by atoms with E-state index in [1.54, 1.807) is 11.1 Å². The van der Waals surface area contributed by atoms with Gasteiger partial charge in [-0.2, -0.15) is 0 Å². The minimum absolute atomic E-state index is 0.169. The third kappa shape index (κ3) is 4.04. The molecular weight excluding hydrogens is 420 g/mol. The Morgan fingerprint density at radius 1 is 0.657 bits per heavy atom. The number of rotatable bonds is 7. The zero-order valence-corrected chi connectivity index (χ0v) is 21.8. The Bertz CT molecular complexity index is 897. The molecule has 35 heavy (non-hydrogen) atoms. The molecule has 4 aliphatic carbocycles. The van der Waals surface area contributed by atoms with E-state index in [1.165, 1.54) is 83.5 Å². The molecule has 0 saturated heterocycles. The van der Waals surface area contributed by atoms with Crippen molar-refractivity contribution in [1.82, 2.24) is 0 Å². The van der Waals surface area contributed by atoms with Crippen LogP contribution in [0.1, 0.15) is 94.6 Å². The summed E-state index contributed by atoms with van der Waals surface area (Å²) in [5.74, 6) is 6.26. The van der Waals surface area contributed by atoms with Crippen LogP contribution >= 0.6 is 0 Å². The first kappa shape index (κ1) is 23.6. The van der Waals surface area contributed by atoms with Crippen molar-refractivity contribution in [3.8, 4) is 0 Å². The largest absolute Gasteiger partial charge is 0.103 e. The SMILES string of the molecule is C=CCCC1CCC(C(c2ccccc2)(c2ccccc2)C2C3CCCCC3C3CCCCC32)C1. The molecule has 0 spiro atoms. The smallest absolute Gasteiger partial charge is 0.0264 e. The van der Waals surface area contributed by atoms with E-state index in [0.29, 0.717) is 0 Å². The van der Waals surface area contributed by atoms with Crippen molar-refractivity contribution in [1.29, 1.82) is 0 Å². The molecule has 2 aromatic carbocycles. The number of benzene rings is 2. The maximum atomic E-state index is 4.04. The number of allylic oxidation sites excluding steroid dienone is 1. The van der Waals surface area contributed by atoms with Crippen LogP contribution in [0.3, 0.4) is 0 Å². The van der Waals surface area contributed by atoms with Crippen LogP contribution < -0.4 is 0 Å². The van der Waals surface area contributed by atoms with E-state index in [0.717, 1.165) is 41.4 Å². The summed E-state index contributed by atoms with van der Waals surface area (Å²) >= 11 is 0. The molecule has 186 valence electrons. The van der Waals surface area contributed by atoms with Gasteiger partial charge in [-0.15, -0.1) is 6.58 Å². The van der Waals surface area contributed by atoms with Gasteiger partial charge in [0, 0.05) is 5.41 Å². The van der Waals surface area contributed by atoms with Crippen LogP contribution in [0.5, 0.6) is 0 Å². The van der Waals surface area contributed by atoms with Crippen molar-refractivity contribution in [2.24, 2.45) is 41.4 Å². The highest BCUT2D eigenvalue weighted by molar-refractivity contribution is 5.43. The molecule has 6 atom stereocenters. The third-order valence-corrected chi connectivity index (χ3v) is 11.2. The van der Waals surface area contributed by atoms with Gasteiger partial charge in [0.25, 0.3) is 0 Å². The van der Waals surface area contributed by atoms with Crippen molar-refractivity contribution >= 4 is 0 Å². The highest BCUT2D eigenvalue weighted by Gasteiger charge is 2.61. The third-order valence-electron chi connectivity index (χ3n) is 11.2. The molecule has 4 fully saturated rings. The molecule has 0 aromatic heterocycles. The van der Waals surface area contributed by atoms with Gasteiger partial charge in [-0.25, -0.2) is 0 Å². The lowest BCUT2D eigenvalue weighted by Gasteiger charge is -2.51. The molecule has 0 nitrogen and oxygen atoms in total. The predicted octanol–water partition coefficient (Wildman–Crippen LogP) is 9.60. The van der Waals surface area contributed by atoms with E-state index in [4.69, 9.17) is 0 Å². The maximum Gasteiger partial charge on any atom is 0.0264 e. The molecule has 6 rings (SSSR count). The zero-order valence-electron chi connectivity index (χ0n) is 21.8.